The van der Waals surface area contributed by atoms with E-state index in [1.54, 1.807) is 6.08 Å². The Balaban J connectivity index is 0.000000360. The van der Waals surface area contributed by atoms with Crippen molar-refractivity contribution in [3.8, 4) is 0 Å². The van der Waals surface area contributed by atoms with Gasteiger partial charge in [-0.25, -0.2) is 0 Å². The molecule has 0 heterocycles. The molecule has 3 N–H and O–H groups in total. The van der Waals surface area contributed by atoms with Crippen molar-refractivity contribution in [1.82, 2.24) is 4.83 Å². The van der Waals surface area contributed by atoms with E-state index in [1.807, 2.05) is 37.5 Å². The summed E-state index contributed by atoms with van der Waals surface area (Å²) in [7, 11) is 0. The van der Waals surface area contributed by atoms with Gasteiger partial charge in [-0.05, 0) is 38.1 Å². The van der Waals surface area contributed by atoms with Crippen LogP contribution in [0.4, 0.5) is 0 Å². The van der Waals surface area contributed by atoms with Gasteiger partial charge < -0.3 is 5.73 Å². The second kappa shape index (κ2) is 12.5. The fraction of sp³-hybridized carbons (Fsp3) is 0.500. The summed E-state index contributed by atoms with van der Waals surface area (Å²) in [5.41, 5.74) is 6.97. The molecule has 0 aromatic rings. The molecule has 1 atom stereocenters. The van der Waals surface area contributed by atoms with Gasteiger partial charge in [0.05, 0.1) is 5.71 Å². The van der Waals surface area contributed by atoms with Crippen LogP contribution in [0.2, 0.25) is 0 Å². The molecule has 1 fully saturated rings. The molecule has 1 aliphatic rings. The van der Waals surface area contributed by atoms with E-state index in [0.717, 1.165) is 18.6 Å². The van der Waals surface area contributed by atoms with Gasteiger partial charge in [0.15, 0.2) is 0 Å². The predicted molar refractivity (Wildman–Crippen MR) is 84.7 cm³/mol. The highest BCUT2D eigenvalue weighted by atomic mass is 32.2. The van der Waals surface area contributed by atoms with Gasteiger partial charge in [-0.15, -0.1) is 0 Å². The van der Waals surface area contributed by atoms with Crippen molar-refractivity contribution in [2.45, 2.75) is 38.6 Å². The van der Waals surface area contributed by atoms with E-state index >= 15 is 0 Å². The summed E-state index contributed by atoms with van der Waals surface area (Å²) in [6.07, 6.45) is 16.1. The van der Waals surface area contributed by atoms with Crippen molar-refractivity contribution in [3.05, 3.63) is 37.0 Å². The molecule has 18 heavy (non-hydrogen) atoms. The average Bonchev–Trinajstić information content (AvgIpc) is 2.39. The molecule has 0 aromatic heterocycles. The fourth-order valence-electron chi connectivity index (χ4n) is 1.52. The SMILES string of the molecule is C=C/C=C\C=C/C.CSN/N=C1/CCCCC1N. The van der Waals surface area contributed by atoms with Crippen molar-refractivity contribution in [1.29, 1.82) is 0 Å². The Morgan fingerprint density at radius 1 is 1.39 bits per heavy atom. The topological polar surface area (TPSA) is 50.4 Å². The molecule has 0 spiro atoms. The summed E-state index contributed by atoms with van der Waals surface area (Å²) < 4.78 is 0. The summed E-state index contributed by atoms with van der Waals surface area (Å²) in [6, 6.07) is 0.198. The van der Waals surface area contributed by atoms with Crippen molar-refractivity contribution in [3.63, 3.8) is 0 Å². The summed E-state index contributed by atoms with van der Waals surface area (Å²) in [5.74, 6) is 0. The third-order valence-corrected chi connectivity index (χ3v) is 2.73. The summed E-state index contributed by atoms with van der Waals surface area (Å²) >= 11 is 1.50. The Labute approximate surface area is 115 Å². The highest BCUT2D eigenvalue weighted by molar-refractivity contribution is 7.96. The molecule has 0 saturated heterocycles. The number of allylic oxidation sites excluding steroid dienone is 5. The van der Waals surface area contributed by atoms with E-state index in [4.69, 9.17) is 5.73 Å². The number of hydrogen-bond acceptors (Lipinski definition) is 4. The summed E-state index contributed by atoms with van der Waals surface area (Å²) in [5, 5.41) is 4.19. The van der Waals surface area contributed by atoms with Gasteiger partial charge in [-0.1, -0.05) is 43.4 Å². The normalized spacial score (nSPS) is 21.9. The minimum atomic E-state index is 0.198. The number of nitrogens with one attached hydrogen (secondary N) is 1. The van der Waals surface area contributed by atoms with Gasteiger partial charge in [0, 0.05) is 12.3 Å². The number of rotatable bonds is 4. The summed E-state index contributed by atoms with van der Waals surface area (Å²) in [6.45, 7) is 5.49. The van der Waals surface area contributed by atoms with Crippen LogP contribution in [-0.2, 0) is 0 Å². The van der Waals surface area contributed by atoms with Crippen LogP contribution in [0, 0.1) is 0 Å². The third-order valence-electron chi connectivity index (χ3n) is 2.46. The maximum atomic E-state index is 5.84. The van der Waals surface area contributed by atoms with Gasteiger partial charge in [0.1, 0.15) is 0 Å². The van der Waals surface area contributed by atoms with E-state index in [-0.39, 0.29) is 6.04 Å². The zero-order valence-corrected chi connectivity index (χ0v) is 12.2. The molecule has 102 valence electrons. The van der Waals surface area contributed by atoms with Gasteiger partial charge in [-0.2, -0.15) is 5.10 Å². The van der Waals surface area contributed by atoms with E-state index in [9.17, 15) is 0 Å². The molecule has 0 radical (unpaired) electrons. The van der Waals surface area contributed by atoms with Crippen molar-refractivity contribution < 1.29 is 0 Å². The molecule has 0 amide bonds. The first-order valence-electron chi connectivity index (χ1n) is 6.26. The Kier molecular flexibility index (Phi) is 11.8. The molecular formula is C14H25N3S. The van der Waals surface area contributed by atoms with Crippen LogP contribution in [0.3, 0.4) is 0 Å². The van der Waals surface area contributed by atoms with Crippen LogP contribution in [-0.4, -0.2) is 18.0 Å². The molecular weight excluding hydrogens is 242 g/mol. The van der Waals surface area contributed by atoms with Gasteiger partial charge in [-0.3, -0.25) is 4.83 Å². The van der Waals surface area contributed by atoms with Crippen LogP contribution in [0.1, 0.15) is 32.6 Å². The van der Waals surface area contributed by atoms with Crippen LogP contribution in [0.5, 0.6) is 0 Å². The quantitative estimate of drug-likeness (QED) is 0.466. The highest BCUT2D eigenvalue weighted by Gasteiger charge is 2.15. The fourth-order valence-corrected chi connectivity index (χ4v) is 1.73. The minimum absolute atomic E-state index is 0.198. The number of nitrogens with zero attached hydrogens (tertiary/aromatic N) is 1. The van der Waals surface area contributed by atoms with Gasteiger partial charge in [0.25, 0.3) is 0 Å². The van der Waals surface area contributed by atoms with E-state index in [1.165, 1.54) is 24.8 Å². The van der Waals surface area contributed by atoms with Gasteiger partial charge >= 0.3 is 0 Å². The molecule has 0 bridgehead atoms. The number of nitrogens with two attached hydrogens (primary N) is 1. The number of hydrogen-bond donors (Lipinski definition) is 2. The van der Waals surface area contributed by atoms with E-state index in [0.29, 0.717) is 0 Å². The largest absolute Gasteiger partial charge is 0.323 e. The first-order chi connectivity index (χ1) is 8.76. The van der Waals surface area contributed by atoms with Crippen molar-refractivity contribution >= 4 is 17.7 Å². The molecule has 0 aromatic carbocycles. The summed E-state index contributed by atoms with van der Waals surface area (Å²) in [4.78, 5) is 2.87. The minimum Gasteiger partial charge on any atom is -0.323 e. The first kappa shape index (κ1) is 17.0. The van der Waals surface area contributed by atoms with Crippen LogP contribution >= 0.6 is 11.9 Å². The molecule has 0 aliphatic heterocycles. The zero-order chi connectivity index (χ0) is 13.6. The lowest BCUT2D eigenvalue weighted by Gasteiger charge is -2.19. The standard InChI is InChI=1S/C7H15N3S.C7H10/c1-11-10-9-7-5-3-2-4-6(7)8;1-3-5-7-6-4-2/h6,10H,2-5,8H2,1H3;3-7H,1H2,2H3/b9-7-;6-4-,7-5-. The monoisotopic (exact) mass is 267 g/mol. The maximum Gasteiger partial charge on any atom is 0.0555 e. The Morgan fingerprint density at radius 3 is 2.72 bits per heavy atom. The first-order valence-corrected chi connectivity index (χ1v) is 7.49. The van der Waals surface area contributed by atoms with Crippen LogP contribution < -0.4 is 10.6 Å². The predicted octanol–water partition coefficient (Wildman–Crippen LogP) is 3.42. The maximum absolute atomic E-state index is 5.84. The van der Waals surface area contributed by atoms with Crippen molar-refractivity contribution in [2.75, 3.05) is 6.26 Å². The molecule has 1 rings (SSSR count). The lowest BCUT2D eigenvalue weighted by molar-refractivity contribution is 0.603. The van der Waals surface area contributed by atoms with Gasteiger partial charge in [0.2, 0.25) is 0 Å². The molecule has 3 nitrogen and oxygen atoms in total. The lowest BCUT2D eigenvalue weighted by atomic mass is 9.94. The smallest absolute Gasteiger partial charge is 0.0555 e. The molecule has 1 unspecified atom stereocenters. The second-order valence-electron chi connectivity index (χ2n) is 3.90. The molecule has 1 saturated carbocycles. The Morgan fingerprint density at radius 2 is 2.17 bits per heavy atom. The van der Waals surface area contributed by atoms with E-state index < -0.39 is 0 Å². The highest BCUT2D eigenvalue weighted by Crippen LogP contribution is 2.13. The van der Waals surface area contributed by atoms with Crippen LogP contribution in [0.15, 0.2) is 42.1 Å². The van der Waals surface area contributed by atoms with Crippen LogP contribution in [0.25, 0.3) is 0 Å². The number of hydrazone groups is 1. The lowest BCUT2D eigenvalue weighted by Crippen LogP contribution is -2.34. The van der Waals surface area contributed by atoms with E-state index in [2.05, 4.69) is 16.5 Å². The van der Waals surface area contributed by atoms with Crippen molar-refractivity contribution in [2.24, 2.45) is 10.8 Å². The zero-order valence-electron chi connectivity index (χ0n) is 11.4. The Hall–Kier alpha value is -1.00. The second-order valence-corrected chi connectivity index (χ2v) is 4.49. The average molecular weight is 267 g/mol. The molecule has 1 aliphatic carbocycles. The Bertz CT molecular complexity index is 295. The third kappa shape index (κ3) is 9.07. The molecule has 4 heteroatoms.